The van der Waals surface area contributed by atoms with E-state index in [0.717, 1.165) is 6.42 Å². The highest BCUT2D eigenvalue weighted by molar-refractivity contribution is 5.78. The van der Waals surface area contributed by atoms with Crippen LogP contribution in [0, 0.1) is 5.82 Å². The van der Waals surface area contributed by atoms with Gasteiger partial charge in [-0.05, 0) is 31.0 Å². The van der Waals surface area contributed by atoms with E-state index in [9.17, 15) is 9.18 Å². The van der Waals surface area contributed by atoms with E-state index in [1.165, 1.54) is 19.2 Å². The van der Waals surface area contributed by atoms with Crippen molar-refractivity contribution in [2.45, 2.75) is 19.8 Å². The topological polar surface area (TPSA) is 38.3 Å². The lowest BCUT2D eigenvalue weighted by molar-refractivity contribution is -0.120. The van der Waals surface area contributed by atoms with Gasteiger partial charge in [0.2, 0.25) is 5.91 Å². The number of allylic oxidation sites excluding steroid dienone is 1. The molecule has 0 aromatic heterocycles. The first-order chi connectivity index (χ1) is 8.67. The average Bonchev–Trinajstić information content (AvgIpc) is 2.35. The van der Waals surface area contributed by atoms with Crippen LogP contribution in [0.25, 0.3) is 0 Å². The van der Waals surface area contributed by atoms with Gasteiger partial charge in [0, 0.05) is 6.54 Å². The molecule has 0 aliphatic carbocycles. The van der Waals surface area contributed by atoms with Crippen LogP contribution < -0.4 is 10.1 Å². The van der Waals surface area contributed by atoms with E-state index < -0.39 is 5.82 Å². The maximum absolute atomic E-state index is 13.4. The summed E-state index contributed by atoms with van der Waals surface area (Å²) < 4.78 is 18.2. The summed E-state index contributed by atoms with van der Waals surface area (Å²) in [5, 5.41) is 2.77. The highest BCUT2D eigenvalue weighted by Crippen LogP contribution is 2.17. The van der Waals surface area contributed by atoms with E-state index in [-0.39, 0.29) is 18.1 Å². The van der Waals surface area contributed by atoms with E-state index in [0.29, 0.717) is 12.1 Å². The number of benzene rings is 1. The van der Waals surface area contributed by atoms with E-state index >= 15 is 0 Å². The molecule has 0 saturated carbocycles. The van der Waals surface area contributed by atoms with Crippen molar-refractivity contribution in [3.05, 3.63) is 41.7 Å². The SMILES string of the molecule is C/C=C/CCNC(=O)Cc1ccc(OC)c(F)c1. The van der Waals surface area contributed by atoms with Gasteiger partial charge in [-0.25, -0.2) is 4.39 Å². The quantitative estimate of drug-likeness (QED) is 0.623. The first-order valence-electron chi connectivity index (χ1n) is 5.87. The lowest BCUT2D eigenvalue weighted by atomic mass is 10.1. The lowest BCUT2D eigenvalue weighted by Crippen LogP contribution is -2.25. The summed E-state index contributed by atoms with van der Waals surface area (Å²) in [6.07, 6.45) is 4.90. The molecule has 1 rings (SSSR count). The van der Waals surface area contributed by atoms with E-state index in [2.05, 4.69) is 5.32 Å². The molecule has 1 aromatic carbocycles. The van der Waals surface area contributed by atoms with Gasteiger partial charge in [0.15, 0.2) is 11.6 Å². The van der Waals surface area contributed by atoms with Crippen LogP contribution in [0.4, 0.5) is 4.39 Å². The van der Waals surface area contributed by atoms with Gasteiger partial charge in [0.05, 0.1) is 13.5 Å². The maximum Gasteiger partial charge on any atom is 0.224 e. The second kappa shape index (κ2) is 7.48. The number of amides is 1. The molecule has 0 aliphatic heterocycles. The Kier molecular flexibility index (Phi) is 5.91. The lowest BCUT2D eigenvalue weighted by Gasteiger charge is -2.06. The number of halogens is 1. The second-order valence-corrected chi connectivity index (χ2v) is 3.85. The normalized spacial score (nSPS) is 10.6. The Balaban J connectivity index is 2.46. The maximum atomic E-state index is 13.4. The fraction of sp³-hybridized carbons (Fsp3) is 0.357. The molecule has 98 valence electrons. The van der Waals surface area contributed by atoms with Gasteiger partial charge in [0.1, 0.15) is 0 Å². The minimum Gasteiger partial charge on any atom is -0.494 e. The molecular weight excluding hydrogens is 233 g/mol. The van der Waals surface area contributed by atoms with Gasteiger partial charge in [0.25, 0.3) is 0 Å². The van der Waals surface area contributed by atoms with E-state index in [1.807, 2.05) is 19.1 Å². The zero-order chi connectivity index (χ0) is 13.4. The van der Waals surface area contributed by atoms with Crippen LogP contribution in [0.5, 0.6) is 5.75 Å². The Morgan fingerprint density at radius 1 is 1.50 bits per heavy atom. The number of rotatable bonds is 6. The summed E-state index contributed by atoms with van der Waals surface area (Å²) in [5.74, 6) is -0.368. The molecule has 0 atom stereocenters. The van der Waals surface area contributed by atoms with Crippen molar-refractivity contribution in [3.63, 3.8) is 0 Å². The molecular formula is C14H18FNO2. The van der Waals surface area contributed by atoms with Crippen molar-refractivity contribution in [2.24, 2.45) is 0 Å². The number of methoxy groups -OCH3 is 1. The minimum atomic E-state index is -0.447. The molecule has 0 unspecified atom stereocenters. The fourth-order valence-electron chi connectivity index (χ4n) is 1.53. The molecule has 0 radical (unpaired) electrons. The highest BCUT2D eigenvalue weighted by atomic mass is 19.1. The Hall–Kier alpha value is -1.84. The zero-order valence-corrected chi connectivity index (χ0v) is 10.7. The van der Waals surface area contributed by atoms with Crippen LogP contribution in [0.3, 0.4) is 0 Å². The third-order valence-corrected chi connectivity index (χ3v) is 2.45. The fourth-order valence-corrected chi connectivity index (χ4v) is 1.53. The van der Waals surface area contributed by atoms with Gasteiger partial charge >= 0.3 is 0 Å². The number of hydrogen-bond donors (Lipinski definition) is 1. The van der Waals surface area contributed by atoms with Crippen LogP contribution in [0.1, 0.15) is 18.9 Å². The first kappa shape index (κ1) is 14.2. The summed E-state index contributed by atoms with van der Waals surface area (Å²) in [7, 11) is 1.41. The largest absolute Gasteiger partial charge is 0.494 e. The summed E-state index contributed by atoms with van der Waals surface area (Å²) in [4.78, 5) is 11.6. The molecule has 0 fully saturated rings. The third-order valence-electron chi connectivity index (χ3n) is 2.45. The predicted molar refractivity (Wildman–Crippen MR) is 69.1 cm³/mol. The van der Waals surface area contributed by atoms with Crippen molar-refractivity contribution in [2.75, 3.05) is 13.7 Å². The van der Waals surface area contributed by atoms with Gasteiger partial charge < -0.3 is 10.1 Å². The van der Waals surface area contributed by atoms with Crippen LogP contribution in [-0.2, 0) is 11.2 Å². The summed E-state index contributed by atoms with van der Waals surface area (Å²) in [5.41, 5.74) is 0.636. The van der Waals surface area contributed by atoms with Crippen LogP contribution in [0.15, 0.2) is 30.4 Å². The number of hydrogen-bond acceptors (Lipinski definition) is 2. The summed E-state index contributed by atoms with van der Waals surface area (Å²) in [6, 6.07) is 4.54. The molecule has 18 heavy (non-hydrogen) atoms. The summed E-state index contributed by atoms with van der Waals surface area (Å²) in [6.45, 7) is 2.53. The highest BCUT2D eigenvalue weighted by Gasteiger charge is 2.06. The number of nitrogens with one attached hydrogen (secondary N) is 1. The molecule has 1 aromatic rings. The Bertz CT molecular complexity index is 430. The zero-order valence-electron chi connectivity index (χ0n) is 10.7. The predicted octanol–water partition coefficient (Wildman–Crippen LogP) is 2.46. The van der Waals surface area contributed by atoms with Crippen molar-refractivity contribution in [1.82, 2.24) is 5.32 Å². The van der Waals surface area contributed by atoms with Crippen molar-refractivity contribution in [3.8, 4) is 5.75 Å². The Morgan fingerprint density at radius 3 is 2.89 bits per heavy atom. The van der Waals surface area contributed by atoms with Crippen molar-refractivity contribution >= 4 is 5.91 Å². The van der Waals surface area contributed by atoms with Crippen LogP contribution in [0.2, 0.25) is 0 Å². The van der Waals surface area contributed by atoms with Gasteiger partial charge in [-0.2, -0.15) is 0 Å². The standard InChI is InChI=1S/C14H18FNO2/c1-3-4-5-8-16-14(17)10-11-6-7-13(18-2)12(15)9-11/h3-4,6-7,9H,5,8,10H2,1-2H3,(H,16,17)/b4-3+. The molecule has 0 spiro atoms. The third kappa shape index (κ3) is 4.57. The molecule has 1 amide bonds. The number of ether oxygens (including phenoxy) is 1. The van der Waals surface area contributed by atoms with Crippen molar-refractivity contribution in [1.29, 1.82) is 0 Å². The second-order valence-electron chi connectivity index (χ2n) is 3.85. The Labute approximate surface area is 107 Å². The Morgan fingerprint density at radius 2 is 2.28 bits per heavy atom. The van der Waals surface area contributed by atoms with Crippen molar-refractivity contribution < 1.29 is 13.9 Å². The van der Waals surface area contributed by atoms with Gasteiger partial charge in [-0.3, -0.25) is 4.79 Å². The monoisotopic (exact) mass is 251 g/mol. The molecule has 3 nitrogen and oxygen atoms in total. The minimum absolute atomic E-state index is 0.107. The molecule has 0 aliphatic rings. The van der Waals surface area contributed by atoms with Crippen LogP contribution in [-0.4, -0.2) is 19.6 Å². The molecule has 1 N–H and O–H groups in total. The molecule has 4 heteroatoms. The molecule has 0 heterocycles. The average molecular weight is 251 g/mol. The van der Waals surface area contributed by atoms with E-state index in [1.54, 1.807) is 6.07 Å². The first-order valence-corrected chi connectivity index (χ1v) is 5.87. The molecule has 0 bridgehead atoms. The van der Waals surface area contributed by atoms with E-state index in [4.69, 9.17) is 4.74 Å². The smallest absolute Gasteiger partial charge is 0.224 e. The number of carbonyl (C=O) groups is 1. The number of carbonyl (C=O) groups excluding carboxylic acids is 1. The molecule has 0 saturated heterocycles. The summed E-state index contributed by atoms with van der Waals surface area (Å²) >= 11 is 0. The van der Waals surface area contributed by atoms with Gasteiger partial charge in [-0.15, -0.1) is 0 Å². The van der Waals surface area contributed by atoms with Crippen LogP contribution >= 0.6 is 0 Å². The van der Waals surface area contributed by atoms with Gasteiger partial charge in [-0.1, -0.05) is 18.2 Å².